The van der Waals surface area contributed by atoms with Crippen molar-refractivity contribution in [2.24, 2.45) is 7.05 Å². The lowest BCUT2D eigenvalue weighted by atomic mass is 10.4. The van der Waals surface area contributed by atoms with Gasteiger partial charge < -0.3 is 14.8 Å². The molecule has 1 rings (SSSR count). The number of nitrogens with one attached hydrogen (secondary N) is 1. The smallest absolute Gasteiger partial charge is 0.317 e. The Balaban J connectivity index is 2.41. The molecule has 1 aromatic heterocycles. The van der Waals surface area contributed by atoms with E-state index in [4.69, 9.17) is 0 Å². The Bertz CT molecular complexity index is 389. The molecule has 1 aromatic rings. The molecule has 0 aliphatic carbocycles. The minimum Gasteiger partial charge on any atom is -0.338 e. The van der Waals surface area contributed by atoms with Crippen molar-refractivity contribution in [1.29, 1.82) is 0 Å². The molecule has 0 saturated heterocycles. The van der Waals surface area contributed by atoms with Gasteiger partial charge in [-0.2, -0.15) is 0 Å². The van der Waals surface area contributed by atoms with Crippen LogP contribution in [0.15, 0.2) is 5.16 Å². The fourth-order valence-corrected chi connectivity index (χ4v) is 2.15. The largest absolute Gasteiger partial charge is 0.338 e. The summed E-state index contributed by atoms with van der Waals surface area (Å²) in [7, 11) is 1.94. The van der Waals surface area contributed by atoms with E-state index in [1.165, 1.54) is 0 Å². The van der Waals surface area contributed by atoms with E-state index in [0.717, 1.165) is 24.1 Å². The van der Waals surface area contributed by atoms with Gasteiger partial charge in [-0.1, -0.05) is 11.8 Å². The Hall–Kier alpha value is -1.24. The maximum Gasteiger partial charge on any atom is 0.317 e. The van der Waals surface area contributed by atoms with Crippen LogP contribution in [0.1, 0.15) is 19.7 Å². The third-order valence-electron chi connectivity index (χ3n) is 2.78. The summed E-state index contributed by atoms with van der Waals surface area (Å²) >= 11 is 1.56. The molecule has 0 spiro atoms. The molecule has 0 aromatic carbocycles. The molecule has 0 unspecified atom stereocenters. The Morgan fingerprint density at radius 3 is 2.56 bits per heavy atom. The van der Waals surface area contributed by atoms with Gasteiger partial charge in [0.2, 0.25) is 0 Å². The Labute approximate surface area is 112 Å². The number of aromatic nitrogens is 3. The molecule has 0 aliphatic heterocycles. The molecule has 0 fully saturated rings. The lowest BCUT2D eigenvalue weighted by Gasteiger charge is -2.18. The van der Waals surface area contributed by atoms with Gasteiger partial charge in [-0.05, 0) is 20.1 Å². The fourth-order valence-electron chi connectivity index (χ4n) is 1.64. The minimum absolute atomic E-state index is 0.0211. The Morgan fingerprint density at radius 2 is 2.06 bits per heavy atom. The molecule has 18 heavy (non-hydrogen) atoms. The summed E-state index contributed by atoms with van der Waals surface area (Å²) in [5, 5.41) is 11.9. The summed E-state index contributed by atoms with van der Waals surface area (Å²) in [6.07, 6.45) is 2.66. The zero-order valence-corrected chi connectivity index (χ0v) is 12.3. The quantitative estimate of drug-likeness (QED) is 0.788. The highest BCUT2D eigenvalue weighted by Gasteiger charge is 2.10. The van der Waals surface area contributed by atoms with Crippen LogP contribution in [-0.4, -0.2) is 51.6 Å². The first-order valence-electron chi connectivity index (χ1n) is 6.09. The topological polar surface area (TPSA) is 63.1 Å². The summed E-state index contributed by atoms with van der Waals surface area (Å²) in [5.74, 6) is 0.888. The molecule has 1 N–H and O–H groups in total. The molecular weight excluding hydrogens is 250 g/mol. The van der Waals surface area contributed by atoms with Gasteiger partial charge in [0, 0.05) is 33.1 Å². The van der Waals surface area contributed by atoms with Gasteiger partial charge in [0.15, 0.2) is 5.16 Å². The summed E-state index contributed by atoms with van der Waals surface area (Å²) in [6.45, 7) is 5.97. The molecule has 0 atom stereocenters. The van der Waals surface area contributed by atoms with Gasteiger partial charge in [-0.3, -0.25) is 0 Å². The third-order valence-corrected chi connectivity index (χ3v) is 3.50. The van der Waals surface area contributed by atoms with E-state index >= 15 is 0 Å². The van der Waals surface area contributed by atoms with E-state index in [-0.39, 0.29) is 6.03 Å². The second-order valence-electron chi connectivity index (χ2n) is 3.82. The number of carbonyl (C=O) groups excluding carboxylic acids is 1. The Kier molecular flexibility index (Phi) is 5.97. The van der Waals surface area contributed by atoms with Crippen LogP contribution in [0.25, 0.3) is 0 Å². The molecule has 1 heterocycles. The first-order valence-corrected chi connectivity index (χ1v) is 7.31. The van der Waals surface area contributed by atoms with E-state index in [9.17, 15) is 4.79 Å². The zero-order valence-electron chi connectivity index (χ0n) is 11.4. The number of hydrogen-bond acceptors (Lipinski definition) is 4. The van der Waals surface area contributed by atoms with Crippen LogP contribution in [0.4, 0.5) is 4.79 Å². The number of nitrogens with zero attached hydrogens (tertiary/aromatic N) is 4. The van der Waals surface area contributed by atoms with Gasteiger partial charge in [0.05, 0.1) is 0 Å². The number of carbonyl (C=O) groups is 1. The highest BCUT2D eigenvalue weighted by Crippen LogP contribution is 2.11. The van der Waals surface area contributed by atoms with Gasteiger partial charge >= 0.3 is 6.03 Å². The average Bonchev–Trinajstić information content (AvgIpc) is 2.72. The van der Waals surface area contributed by atoms with E-state index in [2.05, 4.69) is 15.5 Å². The lowest BCUT2D eigenvalue weighted by molar-refractivity contribution is 0.203. The zero-order chi connectivity index (χ0) is 13.5. The number of thioether (sulfide) groups is 1. The molecule has 0 aliphatic rings. The second kappa shape index (κ2) is 7.25. The van der Waals surface area contributed by atoms with Crippen LogP contribution in [0, 0.1) is 0 Å². The SMILES string of the molecule is CCN(CC)C(=O)NCCc1nnc(SC)n1C. The van der Waals surface area contributed by atoms with Gasteiger partial charge in [-0.25, -0.2) is 4.79 Å². The third kappa shape index (κ3) is 3.63. The van der Waals surface area contributed by atoms with Gasteiger partial charge in [0.1, 0.15) is 5.82 Å². The molecule has 0 bridgehead atoms. The van der Waals surface area contributed by atoms with Crippen molar-refractivity contribution in [3.8, 4) is 0 Å². The van der Waals surface area contributed by atoms with Crippen LogP contribution in [0.5, 0.6) is 0 Å². The lowest BCUT2D eigenvalue weighted by Crippen LogP contribution is -2.40. The monoisotopic (exact) mass is 271 g/mol. The first kappa shape index (κ1) is 14.8. The van der Waals surface area contributed by atoms with Crippen LogP contribution >= 0.6 is 11.8 Å². The summed E-state index contributed by atoms with van der Waals surface area (Å²) in [6, 6.07) is -0.0211. The van der Waals surface area contributed by atoms with E-state index < -0.39 is 0 Å². The maximum absolute atomic E-state index is 11.7. The molecular formula is C11H21N5OS. The predicted octanol–water partition coefficient (Wildman–Crippen LogP) is 1.13. The predicted molar refractivity (Wildman–Crippen MR) is 72.8 cm³/mol. The molecule has 0 saturated carbocycles. The molecule has 2 amide bonds. The van der Waals surface area contributed by atoms with Crippen molar-refractivity contribution in [2.45, 2.75) is 25.4 Å². The molecule has 0 radical (unpaired) electrons. The standard InChI is InChI=1S/C11H21N5OS/c1-5-16(6-2)10(17)12-8-7-9-13-14-11(18-4)15(9)3/h5-8H2,1-4H3,(H,12,17). The van der Waals surface area contributed by atoms with Gasteiger partial charge in [0.25, 0.3) is 0 Å². The summed E-state index contributed by atoms with van der Waals surface area (Å²) in [4.78, 5) is 13.5. The first-order chi connectivity index (χ1) is 8.63. The minimum atomic E-state index is -0.0211. The van der Waals surface area contributed by atoms with Crippen molar-refractivity contribution in [2.75, 3.05) is 25.9 Å². The second-order valence-corrected chi connectivity index (χ2v) is 4.59. The van der Waals surface area contributed by atoms with Crippen LogP contribution in [-0.2, 0) is 13.5 Å². The summed E-state index contributed by atoms with van der Waals surface area (Å²) < 4.78 is 1.95. The molecule has 102 valence electrons. The fraction of sp³-hybridized carbons (Fsp3) is 0.727. The highest BCUT2D eigenvalue weighted by atomic mass is 32.2. The molecule has 7 heteroatoms. The van der Waals surface area contributed by atoms with Crippen LogP contribution < -0.4 is 5.32 Å². The number of urea groups is 1. The van der Waals surface area contributed by atoms with Crippen molar-refractivity contribution in [1.82, 2.24) is 25.0 Å². The summed E-state index contributed by atoms with van der Waals surface area (Å²) in [5.41, 5.74) is 0. The van der Waals surface area contributed by atoms with E-state index in [1.54, 1.807) is 16.7 Å². The molecule has 6 nitrogen and oxygen atoms in total. The van der Waals surface area contributed by atoms with Crippen molar-refractivity contribution < 1.29 is 4.79 Å². The van der Waals surface area contributed by atoms with Crippen LogP contribution in [0.3, 0.4) is 0 Å². The van der Waals surface area contributed by atoms with Crippen molar-refractivity contribution in [3.63, 3.8) is 0 Å². The maximum atomic E-state index is 11.7. The van der Waals surface area contributed by atoms with Crippen molar-refractivity contribution in [3.05, 3.63) is 5.82 Å². The van der Waals surface area contributed by atoms with Crippen LogP contribution in [0.2, 0.25) is 0 Å². The Morgan fingerprint density at radius 1 is 1.39 bits per heavy atom. The normalized spacial score (nSPS) is 10.4. The van der Waals surface area contributed by atoms with E-state index in [1.807, 2.05) is 31.7 Å². The number of rotatable bonds is 6. The number of amides is 2. The van der Waals surface area contributed by atoms with Crippen molar-refractivity contribution >= 4 is 17.8 Å². The average molecular weight is 271 g/mol. The van der Waals surface area contributed by atoms with Gasteiger partial charge in [-0.15, -0.1) is 10.2 Å². The number of hydrogen-bond donors (Lipinski definition) is 1. The highest BCUT2D eigenvalue weighted by molar-refractivity contribution is 7.98. The van der Waals surface area contributed by atoms with E-state index in [0.29, 0.717) is 13.0 Å².